The Morgan fingerprint density at radius 2 is 1.79 bits per heavy atom. The van der Waals surface area contributed by atoms with Gasteiger partial charge >= 0.3 is 0 Å². The summed E-state index contributed by atoms with van der Waals surface area (Å²) in [6, 6.07) is 19.3. The molecule has 0 bridgehead atoms. The Labute approximate surface area is 175 Å². The van der Waals surface area contributed by atoms with Crippen LogP contribution in [0.15, 0.2) is 65.6 Å². The Morgan fingerprint density at radius 3 is 2.50 bits per heavy atom. The van der Waals surface area contributed by atoms with Crippen LogP contribution in [-0.4, -0.2) is 13.0 Å². The summed E-state index contributed by atoms with van der Waals surface area (Å²) >= 11 is 7.76. The summed E-state index contributed by atoms with van der Waals surface area (Å²) in [5, 5.41) is 3.53. The monoisotopic (exact) mass is 411 g/mol. The number of nitrogens with one attached hydrogen (secondary N) is 1. The van der Waals surface area contributed by atoms with Gasteiger partial charge in [-0.1, -0.05) is 35.4 Å². The lowest BCUT2D eigenvalue weighted by Crippen LogP contribution is -2.13. The highest BCUT2D eigenvalue weighted by Crippen LogP contribution is 2.29. The standard InChI is InChI=1S/C23H22ClNO2S/c1-15-4-9-20(10-5-15)28-14-18-12-17(7-11-22(18)27-3)23(26)25-21-13-19(24)8-6-16(21)2/h4-13H,14H2,1-3H3,(H,25,26). The maximum absolute atomic E-state index is 12.7. The SMILES string of the molecule is COc1ccc(C(=O)Nc2cc(Cl)ccc2C)cc1CSc1ccc(C)cc1. The number of hydrogen-bond acceptors (Lipinski definition) is 3. The molecule has 0 heterocycles. The molecule has 0 unspecified atom stereocenters. The second-order valence-corrected chi connectivity index (χ2v) is 8.03. The zero-order chi connectivity index (χ0) is 20.1. The summed E-state index contributed by atoms with van der Waals surface area (Å²) in [7, 11) is 1.64. The van der Waals surface area contributed by atoms with Gasteiger partial charge in [-0.2, -0.15) is 0 Å². The molecule has 3 aromatic carbocycles. The zero-order valence-corrected chi connectivity index (χ0v) is 17.7. The van der Waals surface area contributed by atoms with Crippen LogP contribution in [0.25, 0.3) is 0 Å². The van der Waals surface area contributed by atoms with Crippen LogP contribution in [0.5, 0.6) is 5.75 Å². The number of ether oxygens (including phenoxy) is 1. The van der Waals surface area contributed by atoms with Crippen molar-refractivity contribution in [2.24, 2.45) is 0 Å². The van der Waals surface area contributed by atoms with Crippen LogP contribution < -0.4 is 10.1 Å². The van der Waals surface area contributed by atoms with Crippen molar-refractivity contribution in [3.63, 3.8) is 0 Å². The first kappa shape index (κ1) is 20.3. The molecule has 0 saturated heterocycles. The molecule has 3 rings (SSSR count). The summed E-state index contributed by atoms with van der Waals surface area (Å²) in [6.07, 6.45) is 0. The first-order valence-electron chi connectivity index (χ1n) is 8.90. The van der Waals surface area contributed by atoms with Gasteiger partial charge in [-0.15, -0.1) is 11.8 Å². The summed E-state index contributed by atoms with van der Waals surface area (Å²) in [4.78, 5) is 13.9. The van der Waals surface area contributed by atoms with E-state index in [4.69, 9.17) is 16.3 Å². The van der Waals surface area contributed by atoms with Crippen molar-refractivity contribution < 1.29 is 9.53 Å². The number of hydrogen-bond donors (Lipinski definition) is 1. The fraction of sp³-hybridized carbons (Fsp3) is 0.174. The van der Waals surface area contributed by atoms with Crippen LogP contribution in [0.4, 0.5) is 5.69 Å². The molecule has 28 heavy (non-hydrogen) atoms. The number of methoxy groups -OCH3 is 1. The second kappa shape index (κ2) is 9.18. The van der Waals surface area contributed by atoms with E-state index < -0.39 is 0 Å². The van der Waals surface area contributed by atoms with Gasteiger partial charge in [0.1, 0.15) is 5.75 Å². The predicted molar refractivity (Wildman–Crippen MR) is 118 cm³/mol. The molecular weight excluding hydrogens is 390 g/mol. The van der Waals surface area contributed by atoms with E-state index >= 15 is 0 Å². The van der Waals surface area contributed by atoms with Gasteiger partial charge in [0, 0.05) is 32.5 Å². The first-order chi connectivity index (χ1) is 13.5. The van der Waals surface area contributed by atoms with E-state index in [2.05, 4.69) is 36.5 Å². The topological polar surface area (TPSA) is 38.3 Å². The quantitative estimate of drug-likeness (QED) is 0.470. The molecule has 144 valence electrons. The number of thioether (sulfide) groups is 1. The third-order valence-corrected chi connectivity index (χ3v) is 5.70. The van der Waals surface area contributed by atoms with Gasteiger partial charge in [0.05, 0.1) is 7.11 Å². The zero-order valence-electron chi connectivity index (χ0n) is 16.1. The third-order valence-electron chi connectivity index (χ3n) is 4.41. The molecule has 0 radical (unpaired) electrons. The van der Waals surface area contributed by atoms with E-state index in [0.29, 0.717) is 22.0 Å². The molecule has 0 aromatic heterocycles. The fourth-order valence-corrected chi connectivity index (χ4v) is 3.80. The summed E-state index contributed by atoms with van der Waals surface area (Å²) in [5.41, 5.74) is 4.46. The third kappa shape index (κ3) is 5.09. The highest BCUT2D eigenvalue weighted by Gasteiger charge is 2.12. The molecule has 0 saturated carbocycles. The number of rotatable bonds is 6. The molecule has 0 spiro atoms. The Bertz CT molecular complexity index is 986. The maximum Gasteiger partial charge on any atom is 0.255 e. The largest absolute Gasteiger partial charge is 0.496 e. The van der Waals surface area contributed by atoms with Crippen molar-refractivity contribution in [1.82, 2.24) is 0 Å². The molecule has 3 aromatic rings. The Morgan fingerprint density at radius 1 is 1.04 bits per heavy atom. The molecular formula is C23H22ClNO2S. The van der Waals surface area contributed by atoms with E-state index in [1.807, 2.05) is 25.1 Å². The summed E-state index contributed by atoms with van der Waals surface area (Å²) < 4.78 is 5.48. The Balaban J connectivity index is 1.78. The van der Waals surface area contributed by atoms with Crippen LogP contribution in [0, 0.1) is 13.8 Å². The van der Waals surface area contributed by atoms with Crippen LogP contribution in [-0.2, 0) is 5.75 Å². The number of carbonyl (C=O) groups is 1. The van der Waals surface area contributed by atoms with Gasteiger partial charge in [-0.25, -0.2) is 0 Å². The molecule has 5 heteroatoms. The number of halogens is 1. The van der Waals surface area contributed by atoms with Gasteiger partial charge in [-0.3, -0.25) is 4.79 Å². The van der Waals surface area contributed by atoms with Gasteiger partial charge in [0.25, 0.3) is 5.91 Å². The van der Waals surface area contributed by atoms with Gasteiger partial charge in [-0.05, 0) is 61.9 Å². The van der Waals surface area contributed by atoms with E-state index in [1.165, 1.54) is 10.5 Å². The van der Waals surface area contributed by atoms with Crippen molar-refractivity contribution in [2.45, 2.75) is 24.5 Å². The first-order valence-corrected chi connectivity index (χ1v) is 10.3. The Kier molecular flexibility index (Phi) is 6.65. The average Bonchev–Trinajstić information content (AvgIpc) is 2.70. The average molecular weight is 412 g/mol. The molecule has 1 N–H and O–H groups in total. The molecule has 0 atom stereocenters. The summed E-state index contributed by atoms with van der Waals surface area (Å²) in [5.74, 6) is 1.31. The molecule has 0 fully saturated rings. The number of amides is 1. The fourth-order valence-electron chi connectivity index (χ4n) is 2.75. The normalized spacial score (nSPS) is 10.6. The molecule has 3 nitrogen and oxygen atoms in total. The molecule has 0 aliphatic rings. The van der Waals surface area contributed by atoms with Crippen LogP contribution in [0.2, 0.25) is 5.02 Å². The lowest BCUT2D eigenvalue weighted by atomic mass is 10.1. The van der Waals surface area contributed by atoms with Crippen LogP contribution in [0.1, 0.15) is 27.0 Å². The number of benzene rings is 3. The number of carbonyl (C=O) groups excluding carboxylic acids is 1. The lowest BCUT2D eigenvalue weighted by Gasteiger charge is -2.12. The minimum absolute atomic E-state index is 0.172. The van der Waals surface area contributed by atoms with Crippen molar-refractivity contribution in [3.05, 3.63) is 87.9 Å². The Hall–Kier alpha value is -2.43. The van der Waals surface area contributed by atoms with E-state index in [9.17, 15) is 4.79 Å². The highest BCUT2D eigenvalue weighted by atomic mass is 35.5. The minimum Gasteiger partial charge on any atom is -0.496 e. The second-order valence-electron chi connectivity index (χ2n) is 6.54. The smallest absolute Gasteiger partial charge is 0.255 e. The number of aryl methyl sites for hydroxylation is 2. The van der Waals surface area contributed by atoms with Gasteiger partial charge in [0.15, 0.2) is 0 Å². The van der Waals surface area contributed by atoms with E-state index in [0.717, 1.165) is 16.9 Å². The van der Waals surface area contributed by atoms with Crippen LogP contribution >= 0.6 is 23.4 Å². The van der Waals surface area contributed by atoms with Gasteiger partial charge in [0.2, 0.25) is 0 Å². The van der Waals surface area contributed by atoms with Gasteiger partial charge < -0.3 is 10.1 Å². The van der Waals surface area contributed by atoms with Crippen molar-refractivity contribution in [3.8, 4) is 5.75 Å². The lowest BCUT2D eigenvalue weighted by molar-refractivity contribution is 0.102. The minimum atomic E-state index is -0.172. The van der Waals surface area contributed by atoms with Crippen molar-refractivity contribution in [1.29, 1.82) is 0 Å². The molecule has 0 aliphatic carbocycles. The molecule has 1 amide bonds. The van der Waals surface area contributed by atoms with Crippen molar-refractivity contribution in [2.75, 3.05) is 12.4 Å². The van der Waals surface area contributed by atoms with Crippen molar-refractivity contribution >= 4 is 35.0 Å². The maximum atomic E-state index is 12.7. The highest BCUT2D eigenvalue weighted by molar-refractivity contribution is 7.98. The summed E-state index contributed by atoms with van der Waals surface area (Å²) in [6.45, 7) is 4.00. The predicted octanol–water partition coefficient (Wildman–Crippen LogP) is 6.51. The number of anilines is 1. The van der Waals surface area contributed by atoms with E-state index in [1.54, 1.807) is 37.1 Å². The van der Waals surface area contributed by atoms with E-state index in [-0.39, 0.29) is 5.91 Å². The molecule has 0 aliphatic heterocycles. The van der Waals surface area contributed by atoms with Crippen LogP contribution in [0.3, 0.4) is 0 Å².